The number of ether oxygens (including phenoxy) is 1. The number of aromatic nitrogens is 1. The van der Waals surface area contributed by atoms with Crippen molar-refractivity contribution in [1.82, 2.24) is 4.98 Å². The molecule has 84 valence electrons. The van der Waals surface area contributed by atoms with Crippen LogP contribution in [0.1, 0.15) is 4.88 Å². The van der Waals surface area contributed by atoms with E-state index in [1.807, 2.05) is 0 Å². The Hall–Kier alpha value is -0.480. The Bertz CT molecular complexity index is 501. The standard InChI is InChI=1S/C10H6Cl3NOS/c11-6-1-2-9(8(12)3-6)15-5-7-4-14-10(13)16-7/h1-4H,5H2. The molecule has 0 aliphatic rings. The van der Waals surface area contributed by atoms with Crippen LogP contribution in [0.3, 0.4) is 0 Å². The highest BCUT2D eigenvalue weighted by atomic mass is 35.5. The number of thiazole rings is 1. The summed E-state index contributed by atoms with van der Waals surface area (Å²) in [5, 5.41) is 1.07. The lowest BCUT2D eigenvalue weighted by molar-refractivity contribution is 0.310. The number of hydrogen-bond donors (Lipinski definition) is 0. The Morgan fingerprint density at radius 3 is 2.69 bits per heavy atom. The Kier molecular flexibility index (Phi) is 3.92. The van der Waals surface area contributed by atoms with Gasteiger partial charge in [-0.05, 0) is 18.2 Å². The molecule has 0 fully saturated rings. The Labute approximate surface area is 112 Å². The largest absolute Gasteiger partial charge is 0.486 e. The van der Waals surface area contributed by atoms with E-state index in [1.165, 1.54) is 11.3 Å². The molecule has 16 heavy (non-hydrogen) atoms. The second-order valence-corrected chi connectivity index (χ2v) is 5.48. The highest BCUT2D eigenvalue weighted by Gasteiger charge is 2.04. The Morgan fingerprint density at radius 2 is 2.06 bits per heavy atom. The zero-order valence-corrected chi connectivity index (χ0v) is 11.0. The molecule has 0 saturated heterocycles. The highest BCUT2D eigenvalue weighted by Crippen LogP contribution is 2.28. The summed E-state index contributed by atoms with van der Waals surface area (Å²) in [6.07, 6.45) is 1.68. The predicted octanol–water partition coefficient (Wildman–Crippen LogP) is 4.68. The van der Waals surface area contributed by atoms with E-state index < -0.39 is 0 Å². The van der Waals surface area contributed by atoms with Crippen LogP contribution < -0.4 is 4.74 Å². The van der Waals surface area contributed by atoms with Crippen molar-refractivity contribution in [3.05, 3.63) is 43.8 Å². The molecule has 2 rings (SSSR count). The summed E-state index contributed by atoms with van der Waals surface area (Å²) in [4.78, 5) is 4.86. The molecule has 6 heteroatoms. The van der Waals surface area contributed by atoms with E-state index in [4.69, 9.17) is 39.5 Å². The van der Waals surface area contributed by atoms with Crippen LogP contribution >= 0.6 is 46.1 Å². The molecule has 0 amide bonds. The fourth-order valence-electron chi connectivity index (χ4n) is 1.09. The van der Waals surface area contributed by atoms with Crippen molar-refractivity contribution in [2.45, 2.75) is 6.61 Å². The van der Waals surface area contributed by atoms with Gasteiger partial charge in [0.25, 0.3) is 0 Å². The van der Waals surface area contributed by atoms with Crippen LogP contribution in [0.4, 0.5) is 0 Å². The number of hydrogen-bond acceptors (Lipinski definition) is 3. The number of nitrogens with zero attached hydrogens (tertiary/aromatic N) is 1. The van der Waals surface area contributed by atoms with Gasteiger partial charge in [-0.15, -0.1) is 11.3 Å². The topological polar surface area (TPSA) is 22.1 Å². The highest BCUT2D eigenvalue weighted by molar-refractivity contribution is 7.15. The van der Waals surface area contributed by atoms with Gasteiger partial charge in [0.1, 0.15) is 12.4 Å². The fraction of sp³-hybridized carbons (Fsp3) is 0.100. The lowest BCUT2D eigenvalue weighted by atomic mass is 10.3. The first-order valence-electron chi connectivity index (χ1n) is 4.33. The fourth-order valence-corrected chi connectivity index (χ4v) is 2.45. The van der Waals surface area contributed by atoms with Gasteiger partial charge in [0.2, 0.25) is 0 Å². The maximum atomic E-state index is 5.95. The minimum Gasteiger partial charge on any atom is -0.486 e. The SMILES string of the molecule is Clc1ccc(OCc2cnc(Cl)s2)c(Cl)c1. The molecular formula is C10H6Cl3NOS. The van der Waals surface area contributed by atoms with Crippen molar-refractivity contribution in [1.29, 1.82) is 0 Å². The molecule has 0 N–H and O–H groups in total. The third kappa shape index (κ3) is 3.01. The molecule has 1 heterocycles. The van der Waals surface area contributed by atoms with E-state index in [9.17, 15) is 0 Å². The summed E-state index contributed by atoms with van der Waals surface area (Å²) in [6.45, 7) is 0.395. The number of benzene rings is 1. The number of rotatable bonds is 3. The first kappa shape index (κ1) is 12.0. The van der Waals surface area contributed by atoms with Gasteiger partial charge < -0.3 is 4.74 Å². The van der Waals surface area contributed by atoms with Crippen molar-refractivity contribution in [3.63, 3.8) is 0 Å². The second kappa shape index (κ2) is 5.23. The summed E-state index contributed by atoms with van der Waals surface area (Å²) < 4.78 is 6.01. The van der Waals surface area contributed by atoms with Crippen molar-refractivity contribution in [2.75, 3.05) is 0 Å². The van der Waals surface area contributed by atoms with Crippen molar-refractivity contribution in [2.24, 2.45) is 0 Å². The van der Waals surface area contributed by atoms with Crippen molar-refractivity contribution >= 4 is 46.1 Å². The maximum absolute atomic E-state index is 5.95. The average Bonchev–Trinajstić information content (AvgIpc) is 2.63. The molecule has 2 aromatic rings. The van der Waals surface area contributed by atoms with Gasteiger partial charge in [0.05, 0.1) is 9.90 Å². The van der Waals surface area contributed by atoms with Gasteiger partial charge in [0.15, 0.2) is 4.47 Å². The van der Waals surface area contributed by atoms with Gasteiger partial charge in [-0.2, -0.15) is 0 Å². The summed E-state index contributed by atoms with van der Waals surface area (Å²) in [5.41, 5.74) is 0. The first-order chi connectivity index (χ1) is 7.65. The van der Waals surface area contributed by atoms with Gasteiger partial charge in [-0.25, -0.2) is 4.98 Å². The minimum absolute atomic E-state index is 0.395. The molecule has 0 radical (unpaired) electrons. The number of halogens is 3. The van der Waals surface area contributed by atoms with E-state index in [0.717, 1.165) is 4.88 Å². The van der Waals surface area contributed by atoms with Crippen LogP contribution in [0.5, 0.6) is 5.75 Å². The Morgan fingerprint density at radius 1 is 1.25 bits per heavy atom. The second-order valence-electron chi connectivity index (χ2n) is 2.94. The van der Waals surface area contributed by atoms with E-state index in [2.05, 4.69) is 4.98 Å². The van der Waals surface area contributed by atoms with Gasteiger partial charge in [0, 0.05) is 11.2 Å². The molecule has 0 aliphatic heterocycles. The molecule has 0 unspecified atom stereocenters. The molecule has 0 spiro atoms. The summed E-state index contributed by atoms with van der Waals surface area (Å²) >= 11 is 18.8. The van der Waals surface area contributed by atoms with Crippen LogP contribution in [0.15, 0.2) is 24.4 Å². The summed E-state index contributed by atoms with van der Waals surface area (Å²) in [6, 6.07) is 5.09. The van der Waals surface area contributed by atoms with Crippen LogP contribution in [0.2, 0.25) is 14.5 Å². The first-order valence-corrected chi connectivity index (χ1v) is 6.28. The molecule has 0 bridgehead atoms. The molecule has 1 aromatic carbocycles. The third-order valence-corrected chi connectivity index (χ3v) is 3.41. The third-order valence-electron chi connectivity index (χ3n) is 1.79. The quantitative estimate of drug-likeness (QED) is 0.820. The van der Waals surface area contributed by atoms with E-state index in [1.54, 1.807) is 24.4 Å². The van der Waals surface area contributed by atoms with E-state index >= 15 is 0 Å². The van der Waals surface area contributed by atoms with Gasteiger partial charge >= 0.3 is 0 Å². The predicted molar refractivity (Wildman–Crippen MR) is 67.9 cm³/mol. The molecule has 0 atom stereocenters. The van der Waals surface area contributed by atoms with Crippen LogP contribution in [0, 0.1) is 0 Å². The monoisotopic (exact) mass is 293 g/mol. The molecule has 0 saturated carbocycles. The van der Waals surface area contributed by atoms with Crippen molar-refractivity contribution in [3.8, 4) is 5.75 Å². The zero-order chi connectivity index (χ0) is 11.5. The maximum Gasteiger partial charge on any atom is 0.183 e. The van der Waals surface area contributed by atoms with E-state index in [0.29, 0.717) is 26.9 Å². The normalized spacial score (nSPS) is 10.4. The lowest BCUT2D eigenvalue weighted by Crippen LogP contribution is -1.93. The molecule has 1 aromatic heterocycles. The molecular weight excluding hydrogens is 289 g/mol. The van der Waals surface area contributed by atoms with Crippen LogP contribution in [0.25, 0.3) is 0 Å². The van der Waals surface area contributed by atoms with Gasteiger partial charge in [-0.1, -0.05) is 34.8 Å². The van der Waals surface area contributed by atoms with Gasteiger partial charge in [-0.3, -0.25) is 0 Å². The molecule has 2 nitrogen and oxygen atoms in total. The van der Waals surface area contributed by atoms with E-state index in [-0.39, 0.29) is 0 Å². The van der Waals surface area contributed by atoms with Crippen LogP contribution in [-0.2, 0) is 6.61 Å². The summed E-state index contributed by atoms with van der Waals surface area (Å²) in [7, 11) is 0. The Balaban J connectivity index is 2.04. The van der Waals surface area contributed by atoms with Crippen molar-refractivity contribution < 1.29 is 4.74 Å². The summed E-state index contributed by atoms with van der Waals surface area (Å²) in [5.74, 6) is 0.593. The van der Waals surface area contributed by atoms with Crippen LogP contribution in [-0.4, -0.2) is 4.98 Å². The smallest absolute Gasteiger partial charge is 0.183 e. The average molecular weight is 295 g/mol. The lowest BCUT2D eigenvalue weighted by Gasteiger charge is -2.06. The zero-order valence-electron chi connectivity index (χ0n) is 7.91. The molecule has 0 aliphatic carbocycles. The minimum atomic E-state index is 0.395.